The van der Waals surface area contributed by atoms with Crippen LogP contribution in [0.25, 0.3) is 0 Å². The van der Waals surface area contributed by atoms with Gasteiger partial charge in [-0.05, 0) is 77.4 Å². The average molecular weight is 445 g/mol. The number of rotatable bonds is 8. The number of hydrogen-bond donors (Lipinski definition) is 0. The van der Waals surface area contributed by atoms with Crippen molar-refractivity contribution in [3.63, 3.8) is 0 Å². The van der Waals surface area contributed by atoms with E-state index in [1.54, 1.807) is 0 Å². The van der Waals surface area contributed by atoms with E-state index >= 15 is 0 Å². The van der Waals surface area contributed by atoms with Crippen LogP contribution in [0.3, 0.4) is 0 Å². The predicted molar refractivity (Wildman–Crippen MR) is 138 cm³/mol. The van der Waals surface area contributed by atoms with E-state index < -0.39 is 0 Å². The SMILES string of the molecule is CC(C)CC(c1ccc(OC(CC(C)(C)C)OC2C(C)CC(C)CC2C)cc1)C(C)(C)C. The molecule has 1 aromatic rings. The summed E-state index contributed by atoms with van der Waals surface area (Å²) in [7, 11) is 0. The highest BCUT2D eigenvalue weighted by Crippen LogP contribution is 2.41. The van der Waals surface area contributed by atoms with Crippen molar-refractivity contribution in [3.05, 3.63) is 29.8 Å². The van der Waals surface area contributed by atoms with Crippen LogP contribution in [-0.2, 0) is 4.74 Å². The van der Waals surface area contributed by atoms with Gasteiger partial charge < -0.3 is 9.47 Å². The summed E-state index contributed by atoms with van der Waals surface area (Å²) in [6, 6.07) is 8.86. The van der Waals surface area contributed by atoms with Crippen molar-refractivity contribution in [3.8, 4) is 5.75 Å². The third-order valence-corrected chi connectivity index (χ3v) is 7.06. The molecule has 4 atom stereocenters. The molecule has 2 rings (SSSR count). The van der Waals surface area contributed by atoms with E-state index in [4.69, 9.17) is 9.47 Å². The molecule has 0 saturated heterocycles. The van der Waals surface area contributed by atoms with Crippen molar-refractivity contribution >= 4 is 0 Å². The van der Waals surface area contributed by atoms with E-state index in [2.05, 4.69) is 100 Å². The molecular weight excluding hydrogens is 392 g/mol. The molecule has 0 radical (unpaired) electrons. The van der Waals surface area contributed by atoms with Gasteiger partial charge in [0.15, 0.2) is 0 Å². The molecule has 2 nitrogen and oxygen atoms in total. The van der Waals surface area contributed by atoms with Gasteiger partial charge in [0.2, 0.25) is 6.29 Å². The fourth-order valence-electron chi connectivity index (χ4n) is 5.65. The van der Waals surface area contributed by atoms with Crippen LogP contribution >= 0.6 is 0 Å². The standard InChI is InChI=1S/C30H52O2/c1-20(2)16-26(30(9,10)11)24-12-14-25(15-13-24)31-27(19-29(6,7)8)32-28-22(4)17-21(3)18-23(28)5/h12-15,20-23,26-28H,16-19H2,1-11H3. The Hall–Kier alpha value is -1.02. The fourth-order valence-corrected chi connectivity index (χ4v) is 5.65. The minimum Gasteiger partial charge on any atom is -0.465 e. The highest BCUT2D eigenvalue weighted by molar-refractivity contribution is 5.30. The molecule has 1 saturated carbocycles. The number of hydrogen-bond acceptors (Lipinski definition) is 2. The zero-order valence-corrected chi connectivity index (χ0v) is 23.0. The molecule has 0 aliphatic heterocycles. The predicted octanol–water partition coefficient (Wildman–Crippen LogP) is 9.09. The van der Waals surface area contributed by atoms with Crippen LogP contribution in [0.2, 0.25) is 0 Å². The Morgan fingerprint density at radius 1 is 0.875 bits per heavy atom. The second-order valence-corrected chi connectivity index (χ2v) is 13.6. The molecule has 0 aromatic heterocycles. The Morgan fingerprint density at radius 3 is 1.84 bits per heavy atom. The Bertz CT molecular complexity index is 664. The summed E-state index contributed by atoms with van der Waals surface area (Å²) in [6.07, 6.45) is 4.65. The smallest absolute Gasteiger partial charge is 0.200 e. The van der Waals surface area contributed by atoms with E-state index in [9.17, 15) is 0 Å². The summed E-state index contributed by atoms with van der Waals surface area (Å²) in [5.74, 6) is 4.09. The molecule has 1 aliphatic rings. The molecule has 4 unspecified atom stereocenters. The van der Waals surface area contributed by atoms with Gasteiger partial charge in [-0.15, -0.1) is 0 Å². The molecule has 32 heavy (non-hydrogen) atoms. The van der Waals surface area contributed by atoms with Gasteiger partial charge in [0.25, 0.3) is 0 Å². The first kappa shape index (κ1) is 27.2. The van der Waals surface area contributed by atoms with Gasteiger partial charge in [0.1, 0.15) is 5.75 Å². The summed E-state index contributed by atoms with van der Waals surface area (Å²) < 4.78 is 13.2. The molecule has 0 N–H and O–H groups in total. The minimum absolute atomic E-state index is 0.146. The maximum atomic E-state index is 6.71. The van der Waals surface area contributed by atoms with Crippen molar-refractivity contribution in [2.24, 2.45) is 34.5 Å². The third kappa shape index (κ3) is 8.40. The van der Waals surface area contributed by atoms with Gasteiger partial charge in [-0.25, -0.2) is 0 Å². The maximum absolute atomic E-state index is 6.71. The van der Waals surface area contributed by atoms with Crippen molar-refractivity contribution in [1.82, 2.24) is 0 Å². The van der Waals surface area contributed by atoms with Crippen LogP contribution in [0.5, 0.6) is 5.75 Å². The number of benzene rings is 1. The normalized spacial score (nSPS) is 26.8. The van der Waals surface area contributed by atoms with E-state index in [0.717, 1.165) is 18.1 Å². The lowest BCUT2D eigenvalue weighted by Crippen LogP contribution is -2.41. The number of ether oxygens (including phenoxy) is 2. The summed E-state index contributed by atoms with van der Waals surface area (Å²) in [5.41, 5.74) is 1.80. The van der Waals surface area contributed by atoms with Crippen molar-refractivity contribution in [1.29, 1.82) is 0 Å². The molecule has 184 valence electrons. The molecule has 1 aliphatic carbocycles. The Kier molecular flexibility index (Phi) is 9.31. The topological polar surface area (TPSA) is 18.5 Å². The lowest BCUT2D eigenvalue weighted by atomic mass is 9.72. The van der Waals surface area contributed by atoms with Gasteiger partial charge >= 0.3 is 0 Å². The van der Waals surface area contributed by atoms with Crippen LogP contribution in [0.4, 0.5) is 0 Å². The van der Waals surface area contributed by atoms with Gasteiger partial charge in [-0.3, -0.25) is 0 Å². The Balaban J connectivity index is 2.17. The second kappa shape index (κ2) is 10.9. The zero-order valence-electron chi connectivity index (χ0n) is 23.0. The van der Waals surface area contributed by atoms with Crippen LogP contribution in [0, 0.1) is 34.5 Å². The molecular formula is C30H52O2. The van der Waals surface area contributed by atoms with Crippen molar-refractivity contribution in [2.45, 2.75) is 120 Å². The van der Waals surface area contributed by atoms with Gasteiger partial charge in [0.05, 0.1) is 6.10 Å². The highest BCUT2D eigenvalue weighted by Gasteiger charge is 2.35. The first-order valence-corrected chi connectivity index (χ1v) is 13.1. The van der Waals surface area contributed by atoms with Gasteiger partial charge in [-0.1, -0.05) is 88.3 Å². The largest absolute Gasteiger partial charge is 0.465 e. The summed E-state index contributed by atoms with van der Waals surface area (Å²) in [5, 5.41) is 0. The summed E-state index contributed by atoms with van der Waals surface area (Å²) >= 11 is 0. The second-order valence-electron chi connectivity index (χ2n) is 13.6. The minimum atomic E-state index is -0.210. The van der Waals surface area contributed by atoms with E-state index in [0.29, 0.717) is 23.7 Å². The van der Waals surface area contributed by atoms with Gasteiger partial charge in [-0.2, -0.15) is 0 Å². The van der Waals surface area contributed by atoms with Crippen LogP contribution in [-0.4, -0.2) is 12.4 Å². The molecule has 0 bridgehead atoms. The molecule has 1 aromatic carbocycles. The first-order chi connectivity index (χ1) is 14.7. The third-order valence-electron chi connectivity index (χ3n) is 7.06. The Morgan fingerprint density at radius 2 is 1.41 bits per heavy atom. The molecule has 2 heteroatoms. The van der Waals surface area contributed by atoms with Crippen molar-refractivity contribution in [2.75, 3.05) is 0 Å². The summed E-state index contributed by atoms with van der Waals surface area (Å²) in [6.45, 7) is 25.6. The van der Waals surface area contributed by atoms with E-state index in [-0.39, 0.29) is 23.2 Å². The summed E-state index contributed by atoms with van der Waals surface area (Å²) in [4.78, 5) is 0. The molecule has 1 fully saturated rings. The highest BCUT2D eigenvalue weighted by atomic mass is 16.7. The van der Waals surface area contributed by atoms with E-state index in [1.807, 2.05) is 0 Å². The zero-order chi connectivity index (χ0) is 24.3. The first-order valence-electron chi connectivity index (χ1n) is 13.1. The fraction of sp³-hybridized carbons (Fsp3) is 0.800. The van der Waals surface area contributed by atoms with Crippen LogP contribution in [0.15, 0.2) is 24.3 Å². The molecule has 0 spiro atoms. The van der Waals surface area contributed by atoms with E-state index in [1.165, 1.54) is 24.8 Å². The van der Waals surface area contributed by atoms with Crippen LogP contribution in [0.1, 0.15) is 113 Å². The monoisotopic (exact) mass is 444 g/mol. The quantitative estimate of drug-likeness (QED) is 0.372. The lowest BCUT2D eigenvalue weighted by Gasteiger charge is -2.40. The van der Waals surface area contributed by atoms with Crippen LogP contribution < -0.4 is 4.74 Å². The lowest BCUT2D eigenvalue weighted by molar-refractivity contribution is -0.173. The molecule has 0 heterocycles. The average Bonchev–Trinajstić information content (AvgIpc) is 2.61. The maximum Gasteiger partial charge on any atom is 0.200 e. The Labute approximate surface area is 199 Å². The van der Waals surface area contributed by atoms with Gasteiger partial charge in [0, 0.05) is 6.42 Å². The molecule has 0 amide bonds. The van der Waals surface area contributed by atoms with Crippen molar-refractivity contribution < 1.29 is 9.47 Å².